The van der Waals surface area contributed by atoms with Crippen LogP contribution in [0.15, 0.2) is 24.3 Å². The smallest absolute Gasteiger partial charge is 0.399 e. The molecule has 2 aliphatic heterocycles. The Labute approximate surface area is 175 Å². The fourth-order valence-electron chi connectivity index (χ4n) is 3.65. The van der Waals surface area contributed by atoms with Crippen LogP contribution in [0.25, 0.3) is 10.9 Å². The molecule has 4 rings (SSSR count). The molecule has 1 aromatic heterocycles. The van der Waals surface area contributed by atoms with Crippen molar-refractivity contribution in [2.75, 3.05) is 13.2 Å². The Kier molecular flexibility index (Phi) is 5.34. The number of nitrogens with one attached hydrogen (secondary N) is 1. The van der Waals surface area contributed by atoms with Gasteiger partial charge < -0.3 is 24.5 Å². The Morgan fingerprint density at radius 3 is 2.63 bits per heavy atom. The van der Waals surface area contributed by atoms with Crippen molar-refractivity contribution in [3.63, 3.8) is 0 Å². The van der Waals surface area contributed by atoms with Gasteiger partial charge in [-0.2, -0.15) is 0 Å². The Bertz CT molecular complexity index is 967. The second-order valence-corrected chi connectivity index (χ2v) is 8.83. The number of rotatable bonds is 3. The average Bonchev–Trinajstić information content (AvgIpc) is 2.90. The summed E-state index contributed by atoms with van der Waals surface area (Å²) in [6.45, 7) is 8.31. The Balaban J connectivity index is 1.73. The van der Waals surface area contributed by atoms with E-state index in [4.69, 9.17) is 14.0 Å². The molecule has 1 amide bonds. The van der Waals surface area contributed by atoms with Gasteiger partial charge in [-0.15, -0.1) is 0 Å². The average molecular weight is 416 g/mol. The highest BCUT2D eigenvalue weighted by atomic mass is 19.1. The van der Waals surface area contributed by atoms with E-state index in [0.29, 0.717) is 23.9 Å². The van der Waals surface area contributed by atoms with Crippen molar-refractivity contribution < 1.29 is 28.3 Å². The van der Waals surface area contributed by atoms with Gasteiger partial charge in [-0.1, -0.05) is 12.1 Å². The summed E-state index contributed by atoms with van der Waals surface area (Å²) in [6.07, 6.45) is -0.318. The maximum absolute atomic E-state index is 14.6. The highest BCUT2D eigenvalue weighted by Crippen LogP contribution is 2.37. The molecule has 1 aromatic carbocycles. The predicted molar refractivity (Wildman–Crippen MR) is 110 cm³/mol. The topological polar surface area (TPSA) is 89.9 Å². The van der Waals surface area contributed by atoms with Crippen LogP contribution in [0.1, 0.15) is 44.6 Å². The number of para-hydroxylation sites is 1. The quantitative estimate of drug-likeness (QED) is 0.739. The molecule has 2 saturated heterocycles. The van der Waals surface area contributed by atoms with E-state index in [1.807, 2.05) is 27.7 Å². The number of aliphatic hydroxyl groups excluding tert-OH is 1. The SMILES string of the molecule is CC1(C)OB(c2cc(C(=O)NC3CCOCC3O)nc3c(F)cccc23)OC1(C)C. The van der Waals surface area contributed by atoms with E-state index in [1.54, 1.807) is 18.2 Å². The van der Waals surface area contributed by atoms with Crippen LogP contribution in [-0.4, -0.2) is 59.7 Å². The van der Waals surface area contributed by atoms with E-state index in [2.05, 4.69) is 10.3 Å². The molecule has 2 fully saturated rings. The van der Waals surface area contributed by atoms with Gasteiger partial charge in [-0.3, -0.25) is 4.79 Å². The lowest BCUT2D eigenvalue weighted by molar-refractivity contribution is -0.0261. The molecular formula is C21H26BFN2O5. The van der Waals surface area contributed by atoms with Gasteiger partial charge in [-0.25, -0.2) is 9.37 Å². The molecule has 2 aromatic rings. The number of amides is 1. The Morgan fingerprint density at radius 2 is 1.97 bits per heavy atom. The number of fused-ring (bicyclic) bond motifs is 1. The van der Waals surface area contributed by atoms with E-state index in [-0.39, 0.29) is 17.8 Å². The van der Waals surface area contributed by atoms with Crippen molar-refractivity contribution in [3.05, 3.63) is 35.8 Å². The summed E-state index contributed by atoms with van der Waals surface area (Å²) in [5.41, 5.74) is -0.529. The van der Waals surface area contributed by atoms with Crippen LogP contribution in [-0.2, 0) is 14.0 Å². The molecular weight excluding hydrogens is 390 g/mol. The minimum atomic E-state index is -0.803. The molecule has 2 N–H and O–H groups in total. The molecule has 0 saturated carbocycles. The molecule has 160 valence electrons. The standard InChI is InChI=1S/C21H26BFN2O5/c1-20(2)21(3,4)30-22(29-20)13-10-16(24-18-12(13)6-5-7-14(18)23)19(27)25-15-8-9-28-11-17(15)26/h5-7,10,15,17,26H,8-9,11H2,1-4H3,(H,25,27). The largest absolute Gasteiger partial charge is 0.495 e. The van der Waals surface area contributed by atoms with E-state index in [1.165, 1.54) is 6.07 Å². The molecule has 2 unspecified atom stereocenters. The van der Waals surface area contributed by atoms with E-state index in [0.717, 1.165) is 0 Å². The zero-order valence-corrected chi connectivity index (χ0v) is 17.6. The molecule has 9 heteroatoms. The number of aromatic nitrogens is 1. The highest BCUT2D eigenvalue weighted by molar-refractivity contribution is 6.65. The summed E-state index contributed by atoms with van der Waals surface area (Å²) in [4.78, 5) is 17.2. The minimum absolute atomic E-state index is 0.0380. The van der Waals surface area contributed by atoms with Crippen LogP contribution in [0.2, 0.25) is 0 Å². The van der Waals surface area contributed by atoms with Gasteiger partial charge in [0.2, 0.25) is 0 Å². The number of nitrogens with zero attached hydrogens (tertiary/aromatic N) is 1. The summed E-state index contributed by atoms with van der Waals surface area (Å²) >= 11 is 0. The van der Waals surface area contributed by atoms with Crippen LogP contribution in [0.5, 0.6) is 0 Å². The van der Waals surface area contributed by atoms with Gasteiger partial charge in [0.1, 0.15) is 17.0 Å². The van der Waals surface area contributed by atoms with Gasteiger partial charge in [0, 0.05) is 12.0 Å². The molecule has 2 aliphatic rings. The summed E-state index contributed by atoms with van der Waals surface area (Å²) in [7, 11) is -0.775. The van der Waals surface area contributed by atoms with Crippen LogP contribution < -0.4 is 10.8 Å². The van der Waals surface area contributed by atoms with Gasteiger partial charge in [-0.05, 0) is 51.7 Å². The number of aliphatic hydroxyl groups is 1. The maximum Gasteiger partial charge on any atom is 0.495 e. The Hall–Kier alpha value is -2.07. The first-order chi connectivity index (χ1) is 14.1. The molecule has 3 heterocycles. The molecule has 0 radical (unpaired) electrons. The lowest BCUT2D eigenvalue weighted by atomic mass is 9.76. The van der Waals surface area contributed by atoms with E-state index in [9.17, 15) is 14.3 Å². The Morgan fingerprint density at radius 1 is 1.27 bits per heavy atom. The van der Waals surface area contributed by atoms with Crippen molar-refractivity contribution in [3.8, 4) is 0 Å². The van der Waals surface area contributed by atoms with E-state index < -0.39 is 42.2 Å². The number of carbonyl (C=O) groups is 1. The van der Waals surface area contributed by atoms with Gasteiger partial charge in [0.05, 0.1) is 30.0 Å². The lowest BCUT2D eigenvalue weighted by Crippen LogP contribution is -2.49. The monoisotopic (exact) mass is 416 g/mol. The third-order valence-electron chi connectivity index (χ3n) is 6.20. The molecule has 2 atom stereocenters. The van der Waals surface area contributed by atoms with Crippen molar-refractivity contribution in [2.24, 2.45) is 0 Å². The predicted octanol–water partition coefficient (Wildman–Crippen LogP) is 1.55. The number of hydrogen-bond acceptors (Lipinski definition) is 6. The first-order valence-corrected chi connectivity index (χ1v) is 10.1. The second kappa shape index (κ2) is 7.57. The molecule has 0 bridgehead atoms. The van der Waals surface area contributed by atoms with Gasteiger partial charge in [0.15, 0.2) is 0 Å². The second-order valence-electron chi connectivity index (χ2n) is 8.83. The third-order valence-corrected chi connectivity index (χ3v) is 6.20. The fourth-order valence-corrected chi connectivity index (χ4v) is 3.65. The maximum atomic E-state index is 14.6. The first-order valence-electron chi connectivity index (χ1n) is 10.1. The zero-order valence-electron chi connectivity index (χ0n) is 17.6. The first kappa shape index (κ1) is 21.2. The molecule has 0 aliphatic carbocycles. The fraction of sp³-hybridized carbons (Fsp3) is 0.524. The van der Waals surface area contributed by atoms with Gasteiger partial charge >= 0.3 is 7.12 Å². The van der Waals surface area contributed by atoms with Crippen LogP contribution in [0, 0.1) is 5.82 Å². The van der Waals surface area contributed by atoms with Crippen molar-refractivity contribution >= 4 is 29.4 Å². The summed E-state index contributed by atoms with van der Waals surface area (Å²) < 4.78 is 32.1. The lowest BCUT2D eigenvalue weighted by Gasteiger charge is -2.32. The minimum Gasteiger partial charge on any atom is -0.399 e. The van der Waals surface area contributed by atoms with Crippen molar-refractivity contribution in [2.45, 2.75) is 57.5 Å². The zero-order chi connectivity index (χ0) is 21.7. The number of pyridine rings is 1. The van der Waals surface area contributed by atoms with Crippen LogP contribution in [0.4, 0.5) is 4.39 Å². The summed E-state index contributed by atoms with van der Waals surface area (Å²) in [6, 6.07) is 5.74. The number of ether oxygens (including phenoxy) is 1. The normalized spacial score (nSPS) is 25.5. The van der Waals surface area contributed by atoms with Gasteiger partial charge in [0.25, 0.3) is 5.91 Å². The molecule has 7 nitrogen and oxygen atoms in total. The number of benzene rings is 1. The van der Waals surface area contributed by atoms with Crippen molar-refractivity contribution in [1.82, 2.24) is 10.3 Å². The molecule has 30 heavy (non-hydrogen) atoms. The van der Waals surface area contributed by atoms with E-state index >= 15 is 0 Å². The van der Waals surface area contributed by atoms with Crippen LogP contribution in [0.3, 0.4) is 0 Å². The van der Waals surface area contributed by atoms with Crippen molar-refractivity contribution in [1.29, 1.82) is 0 Å². The number of hydrogen-bond donors (Lipinski definition) is 2. The highest BCUT2D eigenvalue weighted by Gasteiger charge is 2.52. The molecule has 0 spiro atoms. The summed E-state index contributed by atoms with van der Waals surface area (Å²) in [5.74, 6) is -1.03. The number of halogens is 1. The third kappa shape index (κ3) is 3.71. The summed E-state index contributed by atoms with van der Waals surface area (Å²) in [5, 5.41) is 13.4. The number of carbonyl (C=O) groups excluding carboxylic acids is 1. The van der Waals surface area contributed by atoms with Crippen LogP contribution >= 0.6 is 0 Å².